The van der Waals surface area contributed by atoms with E-state index in [0.29, 0.717) is 39.1 Å². The highest BCUT2D eigenvalue weighted by molar-refractivity contribution is 6.30. The van der Waals surface area contributed by atoms with Crippen LogP contribution in [0.15, 0.2) is 89.9 Å². The van der Waals surface area contributed by atoms with Crippen molar-refractivity contribution in [1.29, 1.82) is 10.5 Å². The van der Waals surface area contributed by atoms with Crippen LogP contribution in [0.4, 0.5) is 0 Å². The summed E-state index contributed by atoms with van der Waals surface area (Å²) in [5, 5.41) is 28.8. The Kier molecular flexibility index (Phi) is 6.12. The Balaban J connectivity index is 1.68. The van der Waals surface area contributed by atoms with Crippen LogP contribution in [-0.4, -0.2) is 31.5 Å². The zero-order valence-electron chi connectivity index (χ0n) is 21.0. The number of aromatic amines is 1. The second kappa shape index (κ2) is 9.91. The number of rotatable bonds is 5. The molecule has 0 radical (unpaired) electrons. The molecular formula is C30H18ClN7O2. The maximum atomic E-state index is 13.6. The van der Waals surface area contributed by atoms with E-state index in [1.165, 1.54) is 0 Å². The van der Waals surface area contributed by atoms with Crippen LogP contribution in [0.25, 0.3) is 45.1 Å². The zero-order valence-corrected chi connectivity index (χ0v) is 21.7. The first kappa shape index (κ1) is 24.7. The Morgan fingerprint density at radius 3 is 2.35 bits per heavy atom. The van der Waals surface area contributed by atoms with Crippen LogP contribution in [0.3, 0.4) is 0 Å². The molecule has 1 N–H and O–H groups in total. The molecule has 0 aliphatic rings. The van der Waals surface area contributed by atoms with Crippen LogP contribution in [0.2, 0.25) is 5.02 Å². The summed E-state index contributed by atoms with van der Waals surface area (Å²) in [4.78, 5) is 18.2. The van der Waals surface area contributed by atoms with Gasteiger partial charge in [-0.15, -0.1) is 0 Å². The highest BCUT2D eigenvalue weighted by atomic mass is 35.5. The number of pyridine rings is 1. The smallest absolute Gasteiger partial charge is 0.289 e. The van der Waals surface area contributed by atoms with Crippen LogP contribution in [0.5, 0.6) is 5.75 Å². The van der Waals surface area contributed by atoms with Gasteiger partial charge in [0.1, 0.15) is 34.7 Å². The molecule has 6 aromatic rings. The van der Waals surface area contributed by atoms with Crippen LogP contribution >= 0.6 is 11.6 Å². The largest absolute Gasteiger partial charge is 0.497 e. The maximum Gasteiger partial charge on any atom is 0.289 e. The SMILES string of the molecule is COc1ccc(-c2nn(-c3cccc(Cl)c3)cc2-c2c(C#N)c(=O)n3[nH]c(-c4ccccc4)nc3c2C#N)cc1. The topological polar surface area (TPSA) is 125 Å². The molecule has 3 aromatic heterocycles. The van der Waals surface area contributed by atoms with Gasteiger partial charge in [-0.2, -0.15) is 20.1 Å². The molecule has 0 amide bonds. The Morgan fingerprint density at radius 2 is 1.68 bits per heavy atom. The standard InChI is InChI=1S/C30H18ClN7O2/c1-40-22-12-10-18(11-13-22)27-25(17-37(35-27)21-9-5-8-20(31)14-21)26-23(15-32)29-34-28(19-6-3-2-4-7-19)36-38(29)30(39)24(26)16-33/h2-14,17H,1H3,(H,34,36). The highest BCUT2D eigenvalue weighted by Gasteiger charge is 2.27. The van der Waals surface area contributed by atoms with Gasteiger partial charge in [0, 0.05) is 33.5 Å². The number of aromatic nitrogens is 5. The number of nitrogens with one attached hydrogen (secondary N) is 1. The van der Waals surface area contributed by atoms with Gasteiger partial charge in [0.15, 0.2) is 11.5 Å². The first-order valence-electron chi connectivity index (χ1n) is 12.1. The fraction of sp³-hybridized carbons (Fsp3) is 0.0333. The summed E-state index contributed by atoms with van der Waals surface area (Å²) in [5.41, 5.74) is 2.44. The number of halogens is 1. The molecular weight excluding hydrogens is 526 g/mol. The lowest BCUT2D eigenvalue weighted by Crippen LogP contribution is -2.20. The van der Waals surface area contributed by atoms with Crippen LogP contribution in [-0.2, 0) is 0 Å². The lowest BCUT2D eigenvalue weighted by molar-refractivity contribution is 0.415. The molecule has 0 saturated heterocycles. The number of nitriles is 2. The van der Waals surface area contributed by atoms with Crippen molar-refractivity contribution in [1.82, 2.24) is 24.4 Å². The molecule has 0 aliphatic heterocycles. The maximum absolute atomic E-state index is 13.6. The average molecular weight is 544 g/mol. The minimum Gasteiger partial charge on any atom is -0.497 e. The number of fused-ring (bicyclic) bond motifs is 1. The van der Waals surface area contributed by atoms with E-state index in [1.807, 2.05) is 54.6 Å². The third kappa shape index (κ3) is 4.08. The quantitative estimate of drug-likeness (QED) is 0.301. The van der Waals surface area contributed by atoms with Crippen molar-refractivity contribution in [3.8, 4) is 57.3 Å². The Hall–Kier alpha value is -5.64. The van der Waals surface area contributed by atoms with Crippen LogP contribution < -0.4 is 10.3 Å². The molecule has 9 nitrogen and oxygen atoms in total. The lowest BCUT2D eigenvalue weighted by Gasteiger charge is -2.08. The Labute approximate surface area is 232 Å². The van der Waals surface area contributed by atoms with Gasteiger partial charge in [-0.25, -0.2) is 9.67 Å². The Morgan fingerprint density at radius 1 is 0.925 bits per heavy atom. The van der Waals surface area contributed by atoms with E-state index in [-0.39, 0.29) is 22.3 Å². The van der Waals surface area contributed by atoms with Gasteiger partial charge in [-0.3, -0.25) is 9.89 Å². The predicted octanol–water partition coefficient (Wildman–Crippen LogP) is 5.61. The molecule has 40 heavy (non-hydrogen) atoms. The van der Waals surface area contributed by atoms with E-state index >= 15 is 0 Å². The van der Waals surface area contributed by atoms with E-state index in [1.54, 1.807) is 48.3 Å². The molecule has 0 atom stereocenters. The van der Waals surface area contributed by atoms with E-state index in [2.05, 4.69) is 16.2 Å². The second-order valence-electron chi connectivity index (χ2n) is 8.80. The fourth-order valence-electron chi connectivity index (χ4n) is 4.58. The molecule has 0 spiro atoms. The first-order valence-corrected chi connectivity index (χ1v) is 12.4. The third-order valence-corrected chi connectivity index (χ3v) is 6.71. The molecule has 3 aromatic carbocycles. The van der Waals surface area contributed by atoms with E-state index in [4.69, 9.17) is 21.4 Å². The summed E-state index contributed by atoms with van der Waals surface area (Å²) in [6.45, 7) is 0. The van der Waals surface area contributed by atoms with Gasteiger partial charge in [0.2, 0.25) is 0 Å². The van der Waals surface area contributed by atoms with Crippen molar-refractivity contribution < 1.29 is 4.74 Å². The molecule has 0 fully saturated rings. The second-order valence-corrected chi connectivity index (χ2v) is 9.23. The van der Waals surface area contributed by atoms with Gasteiger partial charge in [-0.1, -0.05) is 48.0 Å². The van der Waals surface area contributed by atoms with Crippen molar-refractivity contribution in [3.05, 3.63) is 112 Å². The van der Waals surface area contributed by atoms with Crippen molar-refractivity contribution in [2.45, 2.75) is 0 Å². The predicted molar refractivity (Wildman–Crippen MR) is 150 cm³/mol. The third-order valence-electron chi connectivity index (χ3n) is 6.48. The molecule has 192 valence electrons. The highest BCUT2D eigenvalue weighted by Crippen LogP contribution is 2.37. The van der Waals surface area contributed by atoms with Crippen molar-refractivity contribution in [2.24, 2.45) is 0 Å². The number of benzene rings is 3. The van der Waals surface area contributed by atoms with Gasteiger partial charge >= 0.3 is 0 Å². The summed E-state index contributed by atoms with van der Waals surface area (Å²) in [6, 6.07) is 27.7. The van der Waals surface area contributed by atoms with Crippen molar-refractivity contribution in [2.75, 3.05) is 7.11 Å². The van der Waals surface area contributed by atoms with E-state index < -0.39 is 5.56 Å². The summed E-state index contributed by atoms with van der Waals surface area (Å²) in [7, 11) is 1.57. The Bertz CT molecular complexity index is 2040. The average Bonchev–Trinajstić information content (AvgIpc) is 3.64. The number of methoxy groups -OCH3 is 1. The molecule has 6 rings (SSSR count). The van der Waals surface area contributed by atoms with Gasteiger partial charge < -0.3 is 4.74 Å². The van der Waals surface area contributed by atoms with Crippen LogP contribution in [0.1, 0.15) is 11.1 Å². The van der Waals surface area contributed by atoms with E-state index in [0.717, 1.165) is 10.1 Å². The van der Waals surface area contributed by atoms with Gasteiger partial charge in [0.25, 0.3) is 5.56 Å². The molecule has 3 heterocycles. The molecule has 10 heteroatoms. The van der Waals surface area contributed by atoms with Gasteiger partial charge in [0.05, 0.1) is 12.8 Å². The number of H-pyrrole nitrogens is 1. The number of hydrogen-bond acceptors (Lipinski definition) is 6. The fourth-order valence-corrected chi connectivity index (χ4v) is 4.77. The minimum absolute atomic E-state index is 0.0648. The molecule has 0 aliphatic carbocycles. The minimum atomic E-state index is -0.627. The van der Waals surface area contributed by atoms with Crippen molar-refractivity contribution in [3.63, 3.8) is 0 Å². The van der Waals surface area contributed by atoms with Gasteiger partial charge in [-0.05, 0) is 42.5 Å². The van der Waals surface area contributed by atoms with Crippen molar-refractivity contribution >= 4 is 17.2 Å². The first-order chi connectivity index (χ1) is 19.5. The summed E-state index contributed by atoms with van der Waals surface area (Å²) in [6.07, 6.45) is 1.68. The zero-order chi connectivity index (χ0) is 27.8. The number of ether oxygens (including phenoxy) is 1. The molecule has 0 unspecified atom stereocenters. The molecule has 0 saturated carbocycles. The number of nitrogens with zero attached hydrogens (tertiary/aromatic N) is 6. The monoisotopic (exact) mass is 543 g/mol. The van der Waals surface area contributed by atoms with E-state index in [9.17, 15) is 15.3 Å². The summed E-state index contributed by atoms with van der Waals surface area (Å²) >= 11 is 6.25. The lowest BCUT2D eigenvalue weighted by atomic mass is 9.95. The summed E-state index contributed by atoms with van der Waals surface area (Å²) < 4.78 is 8.04. The number of hydrogen-bond donors (Lipinski definition) is 1. The van der Waals surface area contributed by atoms with Crippen LogP contribution in [0, 0.1) is 22.7 Å². The molecule has 0 bridgehead atoms. The normalized spacial score (nSPS) is 10.8. The summed E-state index contributed by atoms with van der Waals surface area (Å²) in [5.74, 6) is 1.04.